The SMILES string of the molecule is Cc1nc2ccc(Cl)cn2c1CN1CCOC(Cc2ccccc2)C1. The lowest BCUT2D eigenvalue weighted by Crippen LogP contribution is -2.43. The van der Waals surface area contributed by atoms with E-state index in [1.807, 2.05) is 18.3 Å². The molecule has 1 fully saturated rings. The summed E-state index contributed by atoms with van der Waals surface area (Å²) < 4.78 is 8.09. The van der Waals surface area contributed by atoms with Gasteiger partial charge in [-0.1, -0.05) is 41.9 Å². The molecule has 0 radical (unpaired) electrons. The van der Waals surface area contributed by atoms with Gasteiger partial charge in [-0.2, -0.15) is 0 Å². The van der Waals surface area contributed by atoms with Crippen LogP contribution in [-0.4, -0.2) is 40.1 Å². The molecule has 2 aromatic heterocycles. The van der Waals surface area contributed by atoms with E-state index in [4.69, 9.17) is 16.3 Å². The molecule has 1 saturated heterocycles. The van der Waals surface area contributed by atoms with E-state index in [-0.39, 0.29) is 6.10 Å². The van der Waals surface area contributed by atoms with Crippen molar-refractivity contribution < 1.29 is 4.74 Å². The lowest BCUT2D eigenvalue weighted by atomic mass is 10.1. The second kappa shape index (κ2) is 7.16. The average molecular weight is 356 g/mol. The van der Waals surface area contributed by atoms with Crippen LogP contribution in [0.5, 0.6) is 0 Å². The summed E-state index contributed by atoms with van der Waals surface area (Å²) in [6.45, 7) is 5.58. The third-order valence-electron chi connectivity index (χ3n) is 4.78. The Kier molecular flexibility index (Phi) is 4.75. The molecule has 3 heterocycles. The standard InChI is InChI=1S/C20H22ClN3O/c1-15-19(24-12-17(21)7-8-20(24)22-15)14-23-9-10-25-18(13-23)11-16-5-3-2-4-6-16/h2-8,12,18H,9-11,13-14H2,1H3. The molecule has 130 valence electrons. The van der Waals surface area contributed by atoms with Crippen molar-refractivity contribution in [2.45, 2.75) is 26.0 Å². The molecule has 1 aliphatic rings. The molecule has 0 amide bonds. The number of hydrogen-bond acceptors (Lipinski definition) is 3. The van der Waals surface area contributed by atoms with E-state index in [2.05, 4.69) is 51.5 Å². The van der Waals surface area contributed by atoms with Crippen LogP contribution in [0.15, 0.2) is 48.7 Å². The Balaban J connectivity index is 1.49. The number of ether oxygens (including phenoxy) is 1. The molecule has 4 rings (SSSR count). The molecule has 0 N–H and O–H groups in total. The van der Waals surface area contributed by atoms with E-state index < -0.39 is 0 Å². The van der Waals surface area contributed by atoms with Crippen LogP contribution in [-0.2, 0) is 17.7 Å². The van der Waals surface area contributed by atoms with Crippen molar-refractivity contribution in [3.05, 3.63) is 70.6 Å². The molecule has 0 aliphatic carbocycles. The highest BCUT2D eigenvalue weighted by molar-refractivity contribution is 6.30. The minimum Gasteiger partial charge on any atom is -0.375 e. The van der Waals surface area contributed by atoms with E-state index in [1.165, 1.54) is 11.3 Å². The summed E-state index contributed by atoms with van der Waals surface area (Å²) in [7, 11) is 0. The molecule has 0 bridgehead atoms. The van der Waals surface area contributed by atoms with Crippen molar-refractivity contribution in [2.75, 3.05) is 19.7 Å². The summed E-state index contributed by atoms with van der Waals surface area (Å²) in [5, 5.41) is 0.732. The third kappa shape index (κ3) is 3.71. The van der Waals surface area contributed by atoms with Gasteiger partial charge >= 0.3 is 0 Å². The van der Waals surface area contributed by atoms with Crippen molar-refractivity contribution >= 4 is 17.2 Å². The molecule has 1 unspecified atom stereocenters. The van der Waals surface area contributed by atoms with Crippen LogP contribution in [0.25, 0.3) is 5.65 Å². The molecule has 1 aromatic carbocycles. The van der Waals surface area contributed by atoms with Crippen molar-refractivity contribution in [1.29, 1.82) is 0 Å². The Morgan fingerprint density at radius 3 is 2.88 bits per heavy atom. The number of pyridine rings is 1. The number of rotatable bonds is 4. The van der Waals surface area contributed by atoms with Gasteiger partial charge in [0.05, 0.1) is 29.1 Å². The number of aryl methyl sites for hydroxylation is 1. The molecular weight excluding hydrogens is 334 g/mol. The molecule has 5 heteroatoms. The quantitative estimate of drug-likeness (QED) is 0.714. The molecule has 1 aliphatic heterocycles. The zero-order chi connectivity index (χ0) is 17.2. The topological polar surface area (TPSA) is 29.8 Å². The Morgan fingerprint density at radius 2 is 2.04 bits per heavy atom. The first-order chi connectivity index (χ1) is 12.2. The van der Waals surface area contributed by atoms with E-state index in [9.17, 15) is 0 Å². The van der Waals surface area contributed by atoms with Gasteiger partial charge in [-0.3, -0.25) is 4.90 Å². The summed E-state index contributed by atoms with van der Waals surface area (Å²) >= 11 is 6.17. The van der Waals surface area contributed by atoms with Gasteiger partial charge in [-0.05, 0) is 31.0 Å². The largest absolute Gasteiger partial charge is 0.375 e. The lowest BCUT2D eigenvalue weighted by Gasteiger charge is -2.33. The van der Waals surface area contributed by atoms with Crippen molar-refractivity contribution in [3.63, 3.8) is 0 Å². The van der Waals surface area contributed by atoms with Crippen LogP contribution in [0.2, 0.25) is 5.02 Å². The van der Waals surface area contributed by atoms with Crippen LogP contribution in [0, 0.1) is 6.92 Å². The normalized spacial score (nSPS) is 18.7. The minimum atomic E-state index is 0.235. The highest BCUT2D eigenvalue weighted by atomic mass is 35.5. The maximum atomic E-state index is 6.17. The first-order valence-corrected chi connectivity index (χ1v) is 9.08. The van der Waals surface area contributed by atoms with Crippen LogP contribution >= 0.6 is 11.6 Å². The smallest absolute Gasteiger partial charge is 0.137 e. The van der Waals surface area contributed by atoms with Crippen LogP contribution in [0.4, 0.5) is 0 Å². The van der Waals surface area contributed by atoms with Crippen LogP contribution in [0.1, 0.15) is 17.0 Å². The second-order valence-electron chi connectivity index (χ2n) is 6.64. The van der Waals surface area contributed by atoms with Gasteiger partial charge in [0.15, 0.2) is 0 Å². The number of morpholine rings is 1. The fourth-order valence-electron chi connectivity index (χ4n) is 3.51. The molecule has 25 heavy (non-hydrogen) atoms. The number of nitrogens with zero attached hydrogens (tertiary/aromatic N) is 3. The number of fused-ring (bicyclic) bond motifs is 1. The van der Waals surface area contributed by atoms with E-state index in [0.29, 0.717) is 0 Å². The van der Waals surface area contributed by atoms with Gasteiger partial charge in [-0.25, -0.2) is 4.98 Å². The van der Waals surface area contributed by atoms with Gasteiger partial charge in [0.2, 0.25) is 0 Å². The third-order valence-corrected chi connectivity index (χ3v) is 5.01. The minimum absolute atomic E-state index is 0.235. The summed E-state index contributed by atoms with van der Waals surface area (Å²) in [4.78, 5) is 7.11. The second-order valence-corrected chi connectivity index (χ2v) is 7.07. The Morgan fingerprint density at radius 1 is 1.20 bits per heavy atom. The monoisotopic (exact) mass is 355 g/mol. The number of benzene rings is 1. The molecule has 4 nitrogen and oxygen atoms in total. The summed E-state index contributed by atoms with van der Waals surface area (Å²) in [5.41, 5.74) is 4.55. The number of aromatic nitrogens is 2. The van der Waals surface area contributed by atoms with Gasteiger partial charge in [0.1, 0.15) is 5.65 Å². The van der Waals surface area contributed by atoms with Crippen LogP contribution in [0.3, 0.4) is 0 Å². The molecule has 0 spiro atoms. The molecule has 0 saturated carbocycles. The van der Waals surface area contributed by atoms with E-state index in [1.54, 1.807) is 0 Å². The fourth-order valence-corrected chi connectivity index (χ4v) is 3.67. The first-order valence-electron chi connectivity index (χ1n) is 8.70. The van der Waals surface area contributed by atoms with E-state index in [0.717, 1.165) is 49.0 Å². The highest BCUT2D eigenvalue weighted by Gasteiger charge is 2.22. The maximum Gasteiger partial charge on any atom is 0.137 e. The number of halogens is 1. The Hall–Kier alpha value is -1.88. The van der Waals surface area contributed by atoms with Gasteiger partial charge in [0, 0.05) is 25.8 Å². The number of imidazole rings is 1. The first kappa shape index (κ1) is 16.6. The lowest BCUT2D eigenvalue weighted by molar-refractivity contribution is -0.0309. The summed E-state index contributed by atoms with van der Waals surface area (Å²) in [5.74, 6) is 0. The van der Waals surface area contributed by atoms with Crippen molar-refractivity contribution in [3.8, 4) is 0 Å². The van der Waals surface area contributed by atoms with E-state index >= 15 is 0 Å². The number of hydrogen-bond donors (Lipinski definition) is 0. The Bertz CT molecular complexity index is 862. The Labute approximate surface area is 153 Å². The summed E-state index contributed by atoms with van der Waals surface area (Å²) in [6, 6.07) is 14.4. The highest BCUT2D eigenvalue weighted by Crippen LogP contribution is 2.20. The van der Waals surface area contributed by atoms with Gasteiger partial charge < -0.3 is 9.14 Å². The fraction of sp³-hybridized carbons (Fsp3) is 0.350. The van der Waals surface area contributed by atoms with Gasteiger partial charge in [-0.15, -0.1) is 0 Å². The van der Waals surface area contributed by atoms with Gasteiger partial charge in [0.25, 0.3) is 0 Å². The zero-order valence-corrected chi connectivity index (χ0v) is 15.1. The van der Waals surface area contributed by atoms with Crippen molar-refractivity contribution in [2.24, 2.45) is 0 Å². The van der Waals surface area contributed by atoms with Crippen LogP contribution < -0.4 is 0 Å². The molecular formula is C20H22ClN3O. The molecule has 1 atom stereocenters. The molecule has 3 aromatic rings. The predicted molar refractivity (Wildman–Crippen MR) is 100 cm³/mol. The zero-order valence-electron chi connectivity index (χ0n) is 14.4. The predicted octanol–water partition coefficient (Wildman–Crippen LogP) is 3.74. The average Bonchev–Trinajstić information content (AvgIpc) is 2.91. The summed E-state index contributed by atoms with van der Waals surface area (Å²) in [6.07, 6.45) is 3.14. The van der Waals surface area contributed by atoms with Crippen molar-refractivity contribution in [1.82, 2.24) is 14.3 Å². The maximum absolute atomic E-state index is 6.17.